The number of halogens is 1. The van der Waals surface area contributed by atoms with Crippen LogP contribution in [0, 0.1) is 5.41 Å². The molecule has 0 amide bonds. The van der Waals surface area contributed by atoms with Crippen molar-refractivity contribution in [3.05, 3.63) is 22.4 Å². The molecule has 0 aliphatic rings. The van der Waals surface area contributed by atoms with Crippen LogP contribution in [-0.4, -0.2) is 13.1 Å². The van der Waals surface area contributed by atoms with E-state index >= 15 is 0 Å². The van der Waals surface area contributed by atoms with Crippen molar-refractivity contribution in [2.75, 3.05) is 7.11 Å². The SMILES string of the molecule is COC(=O)C(C)(C)[C@H](N)c1ccsc1.Cl. The quantitative estimate of drug-likeness (QED) is 0.837. The Bertz CT molecular complexity index is 311. The maximum Gasteiger partial charge on any atom is 0.313 e. The molecule has 1 atom stereocenters. The van der Waals surface area contributed by atoms with Gasteiger partial charge in [-0.15, -0.1) is 12.4 Å². The number of hydrogen-bond acceptors (Lipinski definition) is 4. The van der Waals surface area contributed by atoms with Crippen molar-refractivity contribution in [1.82, 2.24) is 0 Å². The number of carbonyl (C=O) groups is 1. The fourth-order valence-corrected chi connectivity index (χ4v) is 1.96. The molecule has 0 aliphatic carbocycles. The Morgan fingerprint density at radius 1 is 1.60 bits per heavy atom. The van der Waals surface area contributed by atoms with E-state index in [1.54, 1.807) is 25.2 Å². The van der Waals surface area contributed by atoms with Crippen molar-refractivity contribution >= 4 is 29.7 Å². The second kappa shape index (κ2) is 5.49. The molecule has 0 saturated carbocycles. The molecule has 86 valence electrons. The van der Waals surface area contributed by atoms with Gasteiger partial charge < -0.3 is 10.5 Å². The van der Waals surface area contributed by atoms with Crippen molar-refractivity contribution in [3.63, 3.8) is 0 Å². The van der Waals surface area contributed by atoms with Crippen LogP contribution in [0.3, 0.4) is 0 Å². The molecule has 0 unspecified atom stereocenters. The van der Waals surface area contributed by atoms with Gasteiger partial charge in [0, 0.05) is 6.04 Å². The molecule has 1 aromatic heterocycles. The highest BCUT2D eigenvalue weighted by atomic mass is 35.5. The summed E-state index contributed by atoms with van der Waals surface area (Å²) in [5, 5.41) is 3.90. The number of methoxy groups -OCH3 is 1. The smallest absolute Gasteiger partial charge is 0.313 e. The van der Waals surface area contributed by atoms with Crippen LogP contribution in [-0.2, 0) is 9.53 Å². The first-order valence-corrected chi connectivity index (χ1v) is 5.30. The highest BCUT2D eigenvalue weighted by Gasteiger charge is 2.36. The number of esters is 1. The second-order valence-corrected chi connectivity index (χ2v) is 4.53. The van der Waals surface area contributed by atoms with Gasteiger partial charge in [0.1, 0.15) is 0 Å². The summed E-state index contributed by atoms with van der Waals surface area (Å²) in [6.07, 6.45) is 0. The Hall–Kier alpha value is -0.580. The fourth-order valence-electron chi connectivity index (χ4n) is 1.26. The zero-order chi connectivity index (χ0) is 10.8. The van der Waals surface area contributed by atoms with Crippen molar-refractivity contribution < 1.29 is 9.53 Å². The van der Waals surface area contributed by atoms with Gasteiger partial charge in [0.25, 0.3) is 0 Å². The van der Waals surface area contributed by atoms with Crippen LogP contribution in [0.2, 0.25) is 0 Å². The first kappa shape index (κ1) is 14.4. The van der Waals surface area contributed by atoms with Crippen molar-refractivity contribution in [2.45, 2.75) is 19.9 Å². The minimum absolute atomic E-state index is 0. The lowest BCUT2D eigenvalue weighted by atomic mass is 9.82. The predicted molar refractivity (Wildman–Crippen MR) is 64.3 cm³/mol. The molecule has 0 aliphatic heterocycles. The molecule has 1 rings (SSSR count). The van der Waals surface area contributed by atoms with E-state index in [4.69, 9.17) is 10.5 Å². The van der Waals surface area contributed by atoms with Crippen LogP contribution in [0.15, 0.2) is 16.8 Å². The van der Waals surface area contributed by atoms with E-state index in [1.165, 1.54) is 7.11 Å². The van der Waals surface area contributed by atoms with Gasteiger partial charge in [0.2, 0.25) is 0 Å². The van der Waals surface area contributed by atoms with Crippen molar-refractivity contribution in [2.24, 2.45) is 11.1 Å². The van der Waals surface area contributed by atoms with Gasteiger partial charge in [-0.2, -0.15) is 11.3 Å². The molecular weight excluding hydrogens is 234 g/mol. The minimum atomic E-state index is -0.685. The molecule has 0 spiro atoms. The first-order valence-electron chi connectivity index (χ1n) is 4.36. The fraction of sp³-hybridized carbons (Fsp3) is 0.500. The van der Waals surface area contributed by atoms with Crippen LogP contribution in [0.25, 0.3) is 0 Å². The van der Waals surface area contributed by atoms with E-state index in [9.17, 15) is 4.79 Å². The molecule has 1 heterocycles. The summed E-state index contributed by atoms with van der Waals surface area (Å²) in [5.41, 5.74) is 6.29. The normalized spacial score (nSPS) is 12.8. The number of ether oxygens (including phenoxy) is 1. The van der Waals surface area contributed by atoms with Crippen molar-refractivity contribution in [3.8, 4) is 0 Å². The lowest BCUT2D eigenvalue weighted by molar-refractivity contribution is -0.152. The average molecular weight is 250 g/mol. The summed E-state index contributed by atoms with van der Waals surface area (Å²) in [5.74, 6) is -0.281. The zero-order valence-corrected chi connectivity index (χ0v) is 10.7. The van der Waals surface area contributed by atoms with Gasteiger partial charge in [0.15, 0.2) is 0 Å². The second-order valence-electron chi connectivity index (χ2n) is 3.75. The summed E-state index contributed by atoms with van der Waals surface area (Å²) in [4.78, 5) is 11.5. The van der Waals surface area contributed by atoms with Crippen LogP contribution >= 0.6 is 23.7 Å². The number of thiophene rings is 1. The number of hydrogen-bond donors (Lipinski definition) is 1. The third-order valence-corrected chi connectivity index (χ3v) is 3.09. The third kappa shape index (κ3) is 2.93. The number of rotatable bonds is 3. The average Bonchev–Trinajstić information content (AvgIpc) is 2.67. The van der Waals surface area contributed by atoms with E-state index in [0.29, 0.717) is 0 Å². The Kier molecular flexibility index (Phi) is 5.28. The number of nitrogens with two attached hydrogens (primary N) is 1. The summed E-state index contributed by atoms with van der Waals surface area (Å²) < 4.78 is 4.72. The maximum absolute atomic E-state index is 11.5. The molecule has 3 nitrogen and oxygen atoms in total. The lowest BCUT2D eigenvalue weighted by Gasteiger charge is -2.28. The Morgan fingerprint density at radius 2 is 2.20 bits per heavy atom. The van der Waals surface area contributed by atoms with Crippen molar-refractivity contribution in [1.29, 1.82) is 0 Å². The van der Waals surface area contributed by atoms with Crippen LogP contribution in [0.5, 0.6) is 0 Å². The molecule has 0 bridgehead atoms. The maximum atomic E-state index is 11.5. The molecule has 0 radical (unpaired) electrons. The van der Waals surface area contributed by atoms with Crippen LogP contribution in [0.4, 0.5) is 0 Å². The molecule has 0 fully saturated rings. The third-order valence-electron chi connectivity index (χ3n) is 2.39. The predicted octanol–water partition coefficient (Wildman–Crippen LogP) is 2.37. The molecule has 2 N–H and O–H groups in total. The van der Waals surface area contributed by atoms with Crippen LogP contribution in [0.1, 0.15) is 25.5 Å². The molecular formula is C10H16ClNO2S. The standard InChI is InChI=1S/C10H15NO2S.ClH/c1-10(2,9(12)13-3)8(11)7-4-5-14-6-7;/h4-6,8H,11H2,1-3H3;1H/t8-;/m1./s1. The molecule has 1 aromatic rings. The molecule has 0 saturated heterocycles. The zero-order valence-electron chi connectivity index (χ0n) is 9.02. The summed E-state index contributed by atoms with van der Waals surface area (Å²) >= 11 is 1.57. The Labute approximate surface area is 100 Å². The lowest BCUT2D eigenvalue weighted by Crippen LogP contribution is -2.37. The van der Waals surface area contributed by atoms with E-state index in [0.717, 1.165) is 5.56 Å². The van der Waals surface area contributed by atoms with Gasteiger partial charge >= 0.3 is 5.97 Å². The largest absolute Gasteiger partial charge is 0.469 e. The summed E-state index contributed by atoms with van der Waals surface area (Å²) in [7, 11) is 1.38. The Balaban J connectivity index is 0.00000196. The molecule has 5 heteroatoms. The van der Waals surface area contributed by atoms with E-state index in [2.05, 4.69) is 0 Å². The van der Waals surface area contributed by atoms with Gasteiger partial charge in [-0.3, -0.25) is 4.79 Å². The van der Waals surface area contributed by atoms with Gasteiger partial charge in [-0.05, 0) is 36.2 Å². The van der Waals surface area contributed by atoms with Gasteiger partial charge in [0.05, 0.1) is 12.5 Å². The first-order chi connectivity index (χ1) is 6.50. The Morgan fingerprint density at radius 3 is 2.60 bits per heavy atom. The highest BCUT2D eigenvalue weighted by molar-refractivity contribution is 7.07. The summed E-state index contributed by atoms with van der Waals surface area (Å²) in [6, 6.07) is 1.61. The number of carbonyl (C=O) groups excluding carboxylic acids is 1. The minimum Gasteiger partial charge on any atom is -0.469 e. The highest BCUT2D eigenvalue weighted by Crippen LogP contribution is 2.33. The van der Waals surface area contributed by atoms with Crippen LogP contribution < -0.4 is 5.73 Å². The van der Waals surface area contributed by atoms with Gasteiger partial charge in [-0.1, -0.05) is 0 Å². The van der Waals surface area contributed by atoms with E-state index in [1.807, 2.05) is 16.8 Å². The molecule has 0 aromatic carbocycles. The summed E-state index contributed by atoms with van der Waals surface area (Å²) in [6.45, 7) is 3.59. The van der Waals surface area contributed by atoms with E-state index < -0.39 is 5.41 Å². The van der Waals surface area contributed by atoms with E-state index in [-0.39, 0.29) is 24.4 Å². The van der Waals surface area contributed by atoms with Gasteiger partial charge in [-0.25, -0.2) is 0 Å². The molecule has 15 heavy (non-hydrogen) atoms. The topological polar surface area (TPSA) is 52.3 Å². The monoisotopic (exact) mass is 249 g/mol.